The Morgan fingerprint density at radius 3 is 2.92 bits per heavy atom. The van der Waals surface area contributed by atoms with Crippen LogP contribution in [0.2, 0.25) is 0 Å². The van der Waals surface area contributed by atoms with Gasteiger partial charge in [-0.05, 0) is 19.9 Å². The van der Waals surface area contributed by atoms with Crippen molar-refractivity contribution in [3.8, 4) is 0 Å². The molecule has 68 valence electrons. The maximum atomic E-state index is 8.90. The highest BCUT2D eigenvalue weighted by Gasteiger charge is 2.04. The van der Waals surface area contributed by atoms with Gasteiger partial charge in [0.1, 0.15) is 0 Å². The Hall–Kier alpha value is -1.42. The van der Waals surface area contributed by atoms with Gasteiger partial charge >= 0.3 is 0 Å². The molecule has 0 aliphatic carbocycles. The van der Waals surface area contributed by atoms with Crippen LogP contribution in [0.3, 0.4) is 0 Å². The number of hydrogen-bond acceptors (Lipinski definition) is 3. The summed E-state index contributed by atoms with van der Waals surface area (Å²) >= 11 is 0. The predicted octanol–water partition coefficient (Wildman–Crippen LogP) is 0.838. The molecule has 0 bridgehead atoms. The summed E-state index contributed by atoms with van der Waals surface area (Å²) in [5.41, 5.74) is 3.50. The van der Waals surface area contributed by atoms with Crippen molar-refractivity contribution in [3.63, 3.8) is 0 Å². The molecule has 0 spiro atoms. The van der Waals surface area contributed by atoms with E-state index < -0.39 is 0 Å². The van der Waals surface area contributed by atoms with Crippen molar-refractivity contribution in [2.24, 2.45) is 0 Å². The Kier molecular flexibility index (Phi) is 1.77. The average molecular weight is 177 g/mol. The second kappa shape index (κ2) is 2.81. The summed E-state index contributed by atoms with van der Waals surface area (Å²) < 4.78 is 1.75. The molecule has 0 amide bonds. The topological polar surface area (TPSA) is 50.4 Å². The minimum absolute atomic E-state index is 0.0276. The van der Waals surface area contributed by atoms with Crippen LogP contribution in [0.1, 0.15) is 17.1 Å². The molecule has 13 heavy (non-hydrogen) atoms. The van der Waals surface area contributed by atoms with E-state index in [1.165, 1.54) is 0 Å². The summed E-state index contributed by atoms with van der Waals surface area (Å²) in [4.78, 5) is 4.31. The third-order valence-corrected chi connectivity index (χ3v) is 1.97. The van der Waals surface area contributed by atoms with Crippen molar-refractivity contribution in [2.75, 3.05) is 0 Å². The van der Waals surface area contributed by atoms with Gasteiger partial charge in [-0.1, -0.05) is 0 Å². The van der Waals surface area contributed by atoms with Crippen LogP contribution in [0.4, 0.5) is 0 Å². The summed E-state index contributed by atoms with van der Waals surface area (Å²) in [5, 5.41) is 13.1. The number of fused-ring (bicyclic) bond motifs is 1. The number of aliphatic hydroxyl groups excluding tert-OH is 1. The Balaban J connectivity index is 2.75. The highest BCUT2D eigenvalue weighted by molar-refractivity contribution is 5.51. The average Bonchev–Trinajstić information content (AvgIpc) is 2.47. The van der Waals surface area contributed by atoms with E-state index in [0.29, 0.717) is 5.69 Å². The van der Waals surface area contributed by atoms with Gasteiger partial charge in [0.2, 0.25) is 0 Å². The zero-order valence-corrected chi connectivity index (χ0v) is 7.65. The first kappa shape index (κ1) is 8.19. The minimum atomic E-state index is -0.0276. The summed E-state index contributed by atoms with van der Waals surface area (Å²) in [6, 6.07) is 1.85. The Morgan fingerprint density at radius 1 is 1.46 bits per heavy atom. The summed E-state index contributed by atoms with van der Waals surface area (Å²) in [6.45, 7) is 3.83. The number of aryl methyl sites for hydroxylation is 2. The van der Waals surface area contributed by atoms with Gasteiger partial charge < -0.3 is 5.11 Å². The first-order chi connectivity index (χ1) is 6.20. The minimum Gasteiger partial charge on any atom is -0.390 e. The van der Waals surface area contributed by atoms with Crippen molar-refractivity contribution in [1.29, 1.82) is 0 Å². The van der Waals surface area contributed by atoms with Crippen molar-refractivity contribution >= 4 is 5.52 Å². The molecule has 0 aliphatic heterocycles. The van der Waals surface area contributed by atoms with E-state index in [4.69, 9.17) is 5.11 Å². The lowest BCUT2D eigenvalue weighted by Crippen LogP contribution is -1.95. The fraction of sp³-hybridized carbons (Fsp3) is 0.333. The molecular weight excluding hydrogens is 166 g/mol. The molecule has 2 rings (SSSR count). The molecule has 0 unspecified atom stereocenters. The largest absolute Gasteiger partial charge is 0.390 e. The molecule has 2 heterocycles. The molecule has 0 fully saturated rings. The van der Waals surface area contributed by atoms with Gasteiger partial charge in [-0.2, -0.15) is 5.10 Å². The standard InChI is InChI=1S/C9H11N3O/c1-6-4-12-9(7(2)10-6)3-8(5-13)11-12/h3-4,13H,5H2,1-2H3. The summed E-state index contributed by atoms with van der Waals surface area (Å²) in [7, 11) is 0. The molecule has 0 aromatic carbocycles. The summed E-state index contributed by atoms with van der Waals surface area (Å²) in [6.07, 6.45) is 1.85. The van der Waals surface area contributed by atoms with Gasteiger partial charge in [-0.3, -0.25) is 4.98 Å². The molecule has 0 saturated carbocycles. The van der Waals surface area contributed by atoms with Crippen molar-refractivity contribution in [3.05, 3.63) is 29.3 Å². The van der Waals surface area contributed by atoms with Crippen LogP contribution < -0.4 is 0 Å². The Bertz CT molecular complexity index is 447. The predicted molar refractivity (Wildman–Crippen MR) is 48.4 cm³/mol. The molecule has 0 saturated heterocycles. The van der Waals surface area contributed by atoms with Crippen molar-refractivity contribution in [1.82, 2.24) is 14.6 Å². The van der Waals surface area contributed by atoms with Crippen molar-refractivity contribution < 1.29 is 5.11 Å². The molecule has 1 N–H and O–H groups in total. The molecule has 0 atom stereocenters. The zero-order chi connectivity index (χ0) is 9.42. The van der Waals surface area contributed by atoms with E-state index in [-0.39, 0.29) is 6.61 Å². The fourth-order valence-corrected chi connectivity index (χ4v) is 1.42. The van der Waals surface area contributed by atoms with Crippen LogP contribution in [-0.2, 0) is 6.61 Å². The first-order valence-electron chi connectivity index (χ1n) is 4.14. The van der Waals surface area contributed by atoms with Gasteiger partial charge in [-0.15, -0.1) is 0 Å². The second-order valence-corrected chi connectivity index (χ2v) is 3.09. The van der Waals surface area contributed by atoms with Gasteiger partial charge in [0, 0.05) is 0 Å². The smallest absolute Gasteiger partial charge is 0.0890 e. The second-order valence-electron chi connectivity index (χ2n) is 3.09. The third kappa shape index (κ3) is 1.29. The molecular formula is C9H11N3O. The maximum Gasteiger partial charge on any atom is 0.0890 e. The highest BCUT2D eigenvalue weighted by Crippen LogP contribution is 2.10. The summed E-state index contributed by atoms with van der Waals surface area (Å²) in [5.74, 6) is 0. The molecule has 2 aromatic rings. The van der Waals surface area contributed by atoms with E-state index in [1.54, 1.807) is 4.52 Å². The highest BCUT2D eigenvalue weighted by atomic mass is 16.3. The van der Waals surface area contributed by atoms with Gasteiger partial charge in [-0.25, -0.2) is 4.52 Å². The van der Waals surface area contributed by atoms with Crippen LogP contribution in [0.25, 0.3) is 5.52 Å². The van der Waals surface area contributed by atoms with Crippen LogP contribution in [0, 0.1) is 13.8 Å². The number of hydrogen-bond donors (Lipinski definition) is 1. The fourth-order valence-electron chi connectivity index (χ4n) is 1.42. The lowest BCUT2D eigenvalue weighted by atomic mass is 10.3. The SMILES string of the molecule is Cc1cn2nc(CO)cc2c(C)n1. The van der Waals surface area contributed by atoms with E-state index in [9.17, 15) is 0 Å². The molecule has 0 aliphatic rings. The van der Waals surface area contributed by atoms with E-state index in [1.807, 2.05) is 26.1 Å². The first-order valence-corrected chi connectivity index (χ1v) is 4.14. The monoisotopic (exact) mass is 177 g/mol. The Morgan fingerprint density at radius 2 is 2.23 bits per heavy atom. The van der Waals surface area contributed by atoms with Crippen LogP contribution in [0.5, 0.6) is 0 Å². The number of aromatic nitrogens is 3. The quantitative estimate of drug-likeness (QED) is 0.702. The molecule has 4 heteroatoms. The van der Waals surface area contributed by atoms with E-state index in [0.717, 1.165) is 16.9 Å². The number of rotatable bonds is 1. The number of nitrogens with zero attached hydrogens (tertiary/aromatic N) is 3. The van der Waals surface area contributed by atoms with Crippen LogP contribution in [0.15, 0.2) is 12.3 Å². The van der Waals surface area contributed by atoms with Gasteiger partial charge in [0.05, 0.1) is 35.4 Å². The van der Waals surface area contributed by atoms with E-state index >= 15 is 0 Å². The lowest BCUT2D eigenvalue weighted by Gasteiger charge is -1.98. The van der Waals surface area contributed by atoms with Crippen LogP contribution >= 0.6 is 0 Å². The third-order valence-electron chi connectivity index (χ3n) is 1.97. The van der Waals surface area contributed by atoms with Gasteiger partial charge in [0.15, 0.2) is 0 Å². The zero-order valence-electron chi connectivity index (χ0n) is 7.65. The molecule has 0 radical (unpaired) electrons. The van der Waals surface area contributed by atoms with Crippen molar-refractivity contribution in [2.45, 2.75) is 20.5 Å². The molecule has 2 aromatic heterocycles. The number of aliphatic hydroxyl groups is 1. The van der Waals surface area contributed by atoms with Crippen LogP contribution in [-0.4, -0.2) is 19.7 Å². The van der Waals surface area contributed by atoms with Gasteiger partial charge in [0.25, 0.3) is 0 Å². The normalized spacial score (nSPS) is 11.0. The van der Waals surface area contributed by atoms with E-state index in [2.05, 4.69) is 10.1 Å². The maximum absolute atomic E-state index is 8.90. The Labute approximate surface area is 75.8 Å². The lowest BCUT2D eigenvalue weighted by molar-refractivity contribution is 0.276. The molecule has 4 nitrogen and oxygen atoms in total.